The summed E-state index contributed by atoms with van der Waals surface area (Å²) in [6.07, 6.45) is 6.65. The maximum absolute atomic E-state index is 15.2. The molecule has 0 heterocycles. The molecule has 1 aliphatic rings. The molecule has 0 spiro atoms. The lowest BCUT2D eigenvalue weighted by molar-refractivity contribution is -0.274. The Morgan fingerprint density at radius 1 is 0.857 bits per heavy atom. The summed E-state index contributed by atoms with van der Waals surface area (Å²) < 4.78 is 56.1. The molecule has 0 radical (unpaired) electrons. The van der Waals surface area contributed by atoms with Crippen LogP contribution in [-0.2, 0) is 12.8 Å². The van der Waals surface area contributed by atoms with E-state index in [9.17, 15) is 13.2 Å². The van der Waals surface area contributed by atoms with Crippen LogP contribution in [0.15, 0.2) is 54.6 Å². The molecule has 188 valence electrons. The fourth-order valence-corrected chi connectivity index (χ4v) is 5.41. The van der Waals surface area contributed by atoms with Gasteiger partial charge in [-0.2, -0.15) is 0 Å². The predicted octanol–water partition coefficient (Wildman–Crippen LogP) is 9.52. The molecule has 0 amide bonds. The second-order valence-electron chi connectivity index (χ2n) is 9.92. The maximum Gasteiger partial charge on any atom is 0.573 e. The Bertz CT molecular complexity index is 1100. The van der Waals surface area contributed by atoms with Crippen LogP contribution >= 0.6 is 0 Å². The normalized spacial score (nSPS) is 18.7. The summed E-state index contributed by atoms with van der Waals surface area (Å²) >= 11 is 0. The highest BCUT2D eigenvalue weighted by atomic mass is 19.4. The third kappa shape index (κ3) is 6.99. The largest absolute Gasteiger partial charge is 0.573 e. The summed E-state index contributed by atoms with van der Waals surface area (Å²) in [5.74, 6) is 0.977. The highest BCUT2D eigenvalue weighted by Gasteiger charge is 2.31. The molecule has 0 saturated heterocycles. The first-order valence-corrected chi connectivity index (χ1v) is 12.9. The van der Waals surface area contributed by atoms with Gasteiger partial charge in [0, 0.05) is 5.39 Å². The van der Waals surface area contributed by atoms with Gasteiger partial charge in [0.05, 0.1) is 0 Å². The number of unbranched alkanes of at least 4 members (excludes halogenated alkanes) is 2. The van der Waals surface area contributed by atoms with Crippen molar-refractivity contribution in [3.05, 3.63) is 77.1 Å². The van der Waals surface area contributed by atoms with Crippen molar-refractivity contribution in [1.29, 1.82) is 0 Å². The van der Waals surface area contributed by atoms with E-state index in [1.54, 1.807) is 12.1 Å². The zero-order valence-corrected chi connectivity index (χ0v) is 20.3. The minimum atomic E-state index is -4.71. The number of benzene rings is 3. The molecule has 1 aliphatic carbocycles. The summed E-state index contributed by atoms with van der Waals surface area (Å²) in [6.45, 7) is 2.25. The SMILES string of the molecule is CCCCCC1CCC(c2ccc3c(F)c(CCc4ccc(OC(F)(F)F)cc4)ccc3c2)CC1. The second-order valence-corrected chi connectivity index (χ2v) is 9.92. The average Bonchev–Trinajstić information content (AvgIpc) is 2.84. The van der Waals surface area contributed by atoms with Gasteiger partial charge < -0.3 is 4.74 Å². The molecule has 1 fully saturated rings. The van der Waals surface area contributed by atoms with Crippen molar-refractivity contribution in [3.63, 3.8) is 0 Å². The van der Waals surface area contributed by atoms with Gasteiger partial charge in [0.2, 0.25) is 0 Å². The summed E-state index contributed by atoms with van der Waals surface area (Å²) in [5, 5.41) is 1.57. The van der Waals surface area contributed by atoms with Gasteiger partial charge in [-0.1, -0.05) is 75.1 Å². The monoisotopic (exact) mass is 486 g/mol. The Labute approximate surface area is 205 Å². The van der Waals surface area contributed by atoms with E-state index in [2.05, 4.69) is 23.8 Å². The third-order valence-electron chi connectivity index (χ3n) is 7.43. The lowest BCUT2D eigenvalue weighted by atomic mass is 9.76. The molecule has 0 N–H and O–H groups in total. The fourth-order valence-electron chi connectivity index (χ4n) is 5.41. The minimum absolute atomic E-state index is 0.203. The quantitative estimate of drug-likeness (QED) is 0.216. The van der Waals surface area contributed by atoms with Gasteiger partial charge >= 0.3 is 6.36 Å². The van der Waals surface area contributed by atoms with E-state index in [1.807, 2.05) is 18.2 Å². The zero-order valence-electron chi connectivity index (χ0n) is 20.3. The van der Waals surface area contributed by atoms with E-state index in [1.165, 1.54) is 69.1 Å². The Balaban J connectivity index is 1.37. The van der Waals surface area contributed by atoms with Crippen molar-refractivity contribution in [1.82, 2.24) is 0 Å². The molecular weight excluding hydrogens is 452 g/mol. The van der Waals surface area contributed by atoms with Crippen LogP contribution in [0.2, 0.25) is 0 Å². The van der Waals surface area contributed by atoms with Crippen molar-refractivity contribution in [2.75, 3.05) is 0 Å². The zero-order chi connectivity index (χ0) is 24.8. The molecule has 5 heteroatoms. The van der Waals surface area contributed by atoms with Crippen LogP contribution < -0.4 is 4.74 Å². The van der Waals surface area contributed by atoms with Crippen LogP contribution in [-0.4, -0.2) is 6.36 Å². The van der Waals surface area contributed by atoms with Crippen molar-refractivity contribution in [3.8, 4) is 5.75 Å². The molecule has 0 bridgehead atoms. The third-order valence-corrected chi connectivity index (χ3v) is 7.43. The molecule has 35 heavy (non-hydrogen) atoms. The van der Waals surface area contributed by atoms with Crippen molar-refractivity contribution < 1.29 is 22.3 Å². The van der Waals surface area contributed by atoms with Crippen molar-refractivity contribution >= 4 is 10.8 Å². The smallest absolute Gasteiger partial charge is 0.406 e. The highest BCUT2D eigenvalue weighted by molar-refractivity contribution is 5.84. The molecule has 0 aliphatic heterocycles. The van der Waals surface area contributed by atoms with Gasteiger partial charge in [-0.05, 0) is 84.6 Å². The Kier molecular flexibility index (Phi) is 8.35. The van der Waals surface area contributed by atoms with Crippen LogP contribution in [0.4, 0.5) is 17.6 Å². The molecule has 3 aromatic rings. The van der Waals surface area contributed by atoms with Gasteiger partial charge in [0.1, 0.15) is 11.6 Å². The van der Waals surface area contributed by atoms with E-state index in [0.29, 0.717) is 29.7 Å². The molecule has 0 atom stereocenters. The number of alkyl halides is 3. The molecular formula is C30H34F4O. The molecule has 4 rings (SSSR count). The first-order valence-electron chi connectivity index (χ1n) is 12.9. The van der Waals surface area contributed by atoms with Crippen LogP contribution in [0, 0.1) is 11.7 Å². The summed E-state index contributed by atoms with van der Waals surface area (Å²) in [4.78, 5) is 0. The van der Waals surface area contributed by atoms with Crippen molar-refractivity contribution in [2.45, 2.75) is 83.4 Å². The van der Waals surface area contributed by atoms with E-state index < -0.39 is 6.36 Å². The Morgan fingerprint density at radius 3 is 2.29 bits per heavy atom. The second kappa shape index (κ2) is 11.5. The number of hydrogen-bond donors (Lipinski definition) is 0. The van der Waals surface area contributed by atoms with Crippen molar-refractivity contribution in [2.24, 2.45) is 5.92 Å². The molecule has 3 aromatic carbocycles. The number of aryl methyl sites for hydroxylation is 2. The number of hydrogen-bond acceptors (Lipinski definition) is 1. The summed E-state index contributed by atoms with van der Waals surface area (Å²) in [6, 6.07) is 15.8. The van der Waals surface area contributed by atoms with Gasteiger partial charge in [0.25, 0.3) is 0 Å². The maximum atomic E-state index is 15.2. The first kappa shape index (κ1) is 25.5. The van der Waals surface area contributed by atoms with Crippen LogP contribution in [0.3, 0.4) is 0 Å². The lowest BCUT2D eigenvalue weighted by Gasteiger charge is -2.29. The standard InChI is InChI=1S/C30H34F4O/c1-2-3-4-5-21-6-11-23(12-7-21)25-16-19-28-26(20-25)15-14-24(29(28)31)13-8-22-9-17-27(18-10-22)35-30(32,33)34/h9-10,14-21,23H,2-8,11-13H2,1H3. The van der Waals surface area contributed by atoms with E-state index in [4.69, 9.17) is 0 Å². The molecule has 1 saturated carbocycles. The number of rotatable bonds is 9. The van der Waals surface area contributed by atoms with Gasteiger partial charge in [0.15, 0.2) is 0 Å². The molecule has 0 aromatic heterocycles. The highest BCUT2D eigenvalue weighted by Crippen LogP contribution is 2.39. The number of fused-ring (bicyclic) bond motifs is 1. The molecule has 1 nitrogen and oxygen atoms in total. The first-order chi connectivity index (χ1) is 16.8. The van der Waals surface area contributed by atoms with Gasteiger partial charge in [-0.3, -0.25) is 0 Å². The van der Waals surface area contributed by atoms with Crippen LogP contribution in [0.1, 0.15) is 80.9 Å². The summed E-state index contributed by atoms with van der Waals surface area (Å²) in [5.41, 5.74) is 2.77. The minimum Gasteiger partial charge on any atom is -0.406 e. The van der Waals surface area contributed by atoms with E-state index in [0.717, 1.165) is 16.9 Å². The summed E-state index contributed by atoms with van der Waals surface area (Å²) in [7, 11) is 0. The lowest BCUT2D eigenvalue weighted by Crippen LogP contribution is -2.17. The molecule has 0 unspecified atom stereocenters. The van der Waals surface area contributed by atoms with E-state index >= 15 is 4.39 Å². The Morgan fingerprint density at radius 2 is 1.60 bits per heavy atom. The average molecular weight is 487 g/mol. The Hall–Kier alpha value is -2.56. The van der Waals surface area contributed by atoms with Crippen LogP contribution in [0.5, 0.6) is 5.75 Å². The topological polar surface area (TPSA) is 9.23 Å². The van der Waals surface area contributed by atoms with Crippen LogP contribution in [0.25, 0.3) is 10.8 Å². The van der Waals surface area contributed by atoms with E-state index in [-0.39, 0.29) is 11.6 Å². The predicted molar refractivity (Wildman–Crippen MR) is 133 cm³/mol. The number of ether oxygens (including phenoxy) is 1. The van der Waals surface area contributed by atoms with Gasteiger partial charge in [-0.15, -0.1) is 13.2 Å². The fraction of sp³-hybridized carbons (Fsp3) is 0.467. The number of halogens is 4. The van der Waals surface area contributed by atoms with Gasteiger partial charge in [-0.25, -0.2) is 4.39 Å².